The van der Waals surface area contributed by atoms with Crippen LogP contribution >= 0.6 is 0 Å². The van der Waals surface area contributed by atoms with E-state index in [9.17, 15) is 14.4 Å². The molecular weight excluding hydrogens is 997 g/mol. The van der Waals surface area contributed by atoms with Crippen LogP contribution < -0.4 is 0 Å². The standard InChI is InChI=1S/C75H140O6/c1-4-7-10-13-16-19-21-23-25-27-29-31-33-35-36-37-38-40-41-43-45-47-49-51-53-56-59-62-65-68-74(77)80-71-72(70-79-73(76)67-64-61-58-55-18-15-12-9-6-3)81-75(78)69-66-63-60-57-54-52-50-48-46-44-42-39-34-32-30-28-26-24-22-20-17-14-11-8-5-2/h22,24,28,30,34,39,72H,4-21,23,25-27,29,31-33,35-38,40-71H2,1-3H3/b24-22-,30-28-,39-34-. The molecule has 0 radical (unpaired) electrons. The normalized spacial score (nSPS) is 12.2. The lowest BCUT2D eigenvalue weighted by molar-refractivity contribution is -0.167. The molecule has 0 saturated carbocycles. The lowest BCUT2D eigenvalue weighted by Gasteiger charge is -2.18. The molecule has 0 aromatic heterocycles. The molecule has 0 fully saturated rings. The number of ether oxygens (including phenoxy) is 3. The summed E-state index contributed by atoms with van der Waals surface area (Å²) in [7, 11) is 0. The van der Waals surface area contributed by atoms with Crippen molar-refractivity contribution < 1.29 is 28.6 Å². The van der Waals surface area contributed by atoms with Crippen LogP contribution in [0.15, 0.2) is 36.5 Å². The molecular formula is C75H140O6. The van der Waals surface area contributed by atoms with Crippen LogP contribution in [0.2, 0.25) is 0 Å². The predicted molar refractivity (Wildman–Crippen MR) is 353 cm³/mol. The van der Waals surface area contributed by atoms with Gasteiger partial charge in [-0.1, -0.05) is 365 Å². The molecule has 0 rings (SSSR count). The van der Waals surface area contributed by atoms with E-state index < -0.39 is 6.10 Å². The predicted octanol–water partition coefficient (Wildman–Crippen LogP) is 25.1. The number of esters is 3. The summed E-state index contributed by atoms with van der Waals surface area (Å²) in [6, 6.07) is 0. The maximum atomic E-state index is 12.9. The third kappa shape index (κ3) is 68.3. The maximum Gasteiger partial charge on any atom is 0.306 e. The number of carbonyl (C=O) groups is 3. The summed E-state index contributed by atoms with van der Waals surface area (Å²) in [6.07, 6.45) is 87.7. The van der Waals surface area contributed by atoms with Crippen LogP contribution in [0.25, 0.3) is 0 Å². The second-order valence-corrected chi connectivity index (χ2v) is 24.9. The molecule has 0 amide bonds. The van der Waals surface area contributed by atoms with Crippen LogP contribution in [0.5, 0.6) is 0 Å². The van der Waals surface area contributed by atoms with E-state index in [0.29, 0.717) is 19.3 Å². The Balaban J connectivity index is 4.09. The molecule has 81 heavy (non-hydrogen) atoms. The first-order chi connectivity index (χ1) is 40.0. The van der Waals surface area contributed by atoms with Gasteiger partial charge in [-0.05, 0) is 57.8 Å². The molecule has 6 heteroatoms. The van der Waals surface area contributed by atoms with Crippen molar-refractivity contribution in [3.63, 3.8) is 0 Å². The van der Waals surface area contributed by atoms with Crippen molar-refractivity contribution in [2.24, 2.45) is 0 Å². The summed E-state index contributed by atoms with van der Waals surface area (Å²) in [6.45, 7) is 6.68. The van der Waals surface area contributed by atoms with Crippen LogP contribution in [0.4, 0.5) is 0 Å². The van der Waals surface area contributed by atoms with Gasteiger partial charge in [-0.25, -0.2) is 0 Å². The van der Waals surface area contributed by atoms with Gasteiger partial charge in [-0.3, -0.25) is 14.4 Å². The van der Waals surface area contributed by atoms with Crippen LogP contribution in [0.3, 0.4) is 0 Å². The van der Waals surface area contributed by atoms with Gasteiger partial charge in [0.05, 0.1) is 0 Å². The summed E-state index contributed by atoms with van der Waals surface area (Å²) < 4.78 is 16.9. The maximum absolute atomic E-state index is 12.9. The van der Waals surface area contributed by atoms with Crippen molar-refractivity contribution in [1.29, 1.82) is 0 Å². The zero-order valence-electron chi connectivity index (χ0n) is 54.8. The Morgan fingerprint density at radius 1 is 0.247 bits per heavy atom. The smallest absolute Gasteiger partial charge is 0.306 e. The average molecular weight is 1140 g/mol. The van der Waals surface area contributed by atoms with E-state index in [1.54, 1.807) is 0 Å². The van der Waals surface area contributed by atoms with Gasteiger partial charge in [-0.15, -0.1) is 0 Å². The Hall–Kier alpha value is -2.37. The summed E-state index contributed by atoms with van der Waals surface area (Å²) in [5, 5.41) is 0. The number of hydrogen-bond donors (Lipinski definition) is 0. The quantitative estimate of drug-likeness (QED) is 0.0261. The van der Waals surface area contributed by atoms with Gasteiger partial charge in [0.15, 0.2) is 6.10 Å². The summed E-state index contributed by atoms with van der Waals surface area (Å²) in [4.78, 5) is 38.3. The number of allylic oxidation sites excluding steroid dienone is 6. The van der Waals surface area contributed by atoms with E-state index in [-0.39, 0.29) is 31.1 Å². The number of unbranched alkanes of at least 4 members (excludes halogenated alkanes) is 51. The minimum absolute atomic E-state index is 0.0681. The van der Waals surface area contributed by atoms with Crippen molar-refractivity contribution >= 4 is 17.9 Å². The molecule has 0 aromatic carbocycles. The molecule has 6 nitrogen and oxygen atoms in total. The Morgan fingerprint density at radius 2 is 0.444 bits per heavy atom. The molecule has 0 aromatic rings. The zero-order chi connectivity index (χ0) is 58.5. The molecule has 0 aliphatic heterocycles. The molecule has 0 aliphatic rings. The van der Waals surface area contributed by atoms with Crippen molar-refractivity contribution in [2.75, 3.05) is 13.2 Å². The minimum atomic E-state index is -0.771. The number of rotatable bonds is 68. The molecule has 1 atom stereocenters. The molecule has 476 valence electrons. The van der Waals surface area contributed by atoms with Crippen LogP contribution in [-0.4, -0.2) is 37.2 Å². The lowest BCUT2D eigenvalue weighted by Crippen LogP contribution is -2.30. The average Bonchev–Trinajstić information content (AvgIpc) is 3.47. The molecule has 0 bridgehead atoms. The lowest BCUT2D eigenvalue weighted by atomic mass is 10.0. The van der Waals surface area contributed by atoms with Crippen LogP contribution in [0.1, 0.15) is 406 Å². The molecule has 0 heterocycles. The Bertz CT molecular complexity index is 1350. The molecule has 0 spiro atoms. The zero-order valence-corrected chi connectivity index (χ0v) is 54.8. The van der Waals surface area contributed by atoms with Gasteiger partial charge in [0.1, 0.15) is 13.2 Å². The highest BCUT2D eigenvalue weighted by molar-refractivity contribution is 5.71. The van der Waals surface area contributed by atoms with E-state index >= 15 is 0 Å². The van der Waals surface area contributed by atoms with Gasteiger partial charge in [-0.2, -0.15) is 0 Å². The van der Waals surface area contributed by atoms with E-state index in [2.05, 4.69) is 57.2 Å². The summed E-state index contributed by atoms with van der Waals surface area (Å²) >= 11 is 0. The summed E-state index contributed by atoms with van der Waals surface area (Å²) in [5.74, 6) is -0.847. The van der Waals surface area contributed by atoms with E-state index in [4.69, 9.17) is 14.2 Å². The largest absolute Gasteiger partial charge is 0.462 e. The van der Waals surface area contributed by atoms with Gasteiger partial charge < -0.3 is 14.2 Å². The third-order valence-electron chi connectivity index (χ3n) is 16.6. The van der Waals surface area contributed by atoms with Gasteiger partial charge >= 0.3 is 17.9 Å². The van der Waals surface area contributed by atoms with E-state index in [1.165, 1.54) is 295 Å². The first-order valence-corrected chi connectivity index (χ1v) is 36.5. The number of carbonyl (C=O) groups excluding carboxylic acids is 3. The van der Waals surface area contributed by atoms with Crippen molar-refractivity contribution in [1.82, 2.24) is 0 Å². The highest BCUT2D eigenvalue weighted by Crippen LogP contribution is 2.19. The van der Waals surface area contributed by atoms with Crippen molar-refractivity contribution in [3.8, 4) is 0 Å². The van der Waals surface area contributed by atoms with Crippen molar-refractivity contribution in [2.45, 2.75) is 412 Å². The Morgan fingerprint density at radius 3 is 0.691 bits per heavy atom. The third-order valence-corrected chi connectivity index (χ3v) is 16.6. The highest BCUT2D eigenvalue weighted by atomic mass is 16.6. The Kier molecular flexibility index (Phi) is 68.1. The second kappa shape index (κ2) is 70.1. The SMILES string of the molecule is CCCCCCC/C=C\C/C=C\C/C=C\CCCCCCCCCCCCC(=O)OC(COC(=O)CCCCCCCCCCC)COC(=O)CCCCCCCCCCCCCCCCCCCCCCCCCCCCCCC. The van der Waals surface area contributed by atoms with Gasteiger partial charge in [0, 0.05) is 19.3 Å². The minimum Gasteiger partial charge on any atom is -0.462 e. The fraction of sp³-hybridized carbons (Fsp3) is 0.880. The van der Waals surface area contributed by atoms with Crippen molar-refractivity contribution in [3.05, 3.63) is 36.5 Å². The topological polar surface area (TPSA) is 78.9 Å². The number of hydrogen-bond acceptors (Lipinski definition) is 6. The first kappa shape index (κ1) is 78.6. The first-order valence-electron chi connectivity index (χ1n) is 36.5. The molecule has 1 unspecified atom stereocenters. The van der Waals surface area contributed by atoms with Crippen LogP contribution in [-0.2, 0) is 28.6 Å². The summed E-state index contributed by atoms with van der Waals surface area (Å²) in [5.41, 5.74) is 0. The fourth-order valence-electron chi connectivity index (χ4n) is 11.2. The van der Waals surface area contributed by atoms with Crippen LogP contribution in [0, 0.1) is 0 Å². The molecule has 0 N–H and O–H groups in total. The van der Waals surface area contributed by atoms with E-state index in [0.717, 1.165) is 70.6 Å². The Labute approximate surface area is 506 Å². The van der Waals surface area contributed by atoms with E-state index in [1.807, 2.05) is 0 Å². The molecule has 0 aliphatic carbocycles. The molecule has 0 saturated heterocycles. The van der Waals surface area contributed by atoms with Gasteiger partial charge in [0.25, 0.3) is 0 Å². The second-order valence-electron chi connectivity index (χ2n) is 24.9. The van der Waals surface area contributed by atoms with Gasteiger partial charge in [0.2, 0.25) is 0 Å². The highest BCUT2D eigenvalue weighted by Gasteiger charge is 2.19. The fourth-order valence-corrected chi connectivity index (χ4v) is 11.2. The monoisotopic (exact) mass is 1140 g/mol.